The summed E-state index contributed by atoms with van der Waals surface area (Å²) < 4.78 is 37.8. The van der Waals surface area contributed by atoms with Crippen LogP contribution in [0, 0.1) is 0 Å². The van der Waals surface area contributed by atoms with Crippen LogP contribution in [0.4, 0.5) is 0 Å². The van der Waals surface area contributed by atoms with Crippen LogP contribution >= 0.6 is 0 Å². The van der Waals surface area contributed by atoms with E-state index in [0.29, 0.717) is 31.3 Å². The standard InChI is InChI=1S/C26H21NO6S/c28-25-18-4-1-2-6-23(18)34(30,31)24-15-17(7-9-19(24)25)26(29)27-11-3-5-20(27)16-8-10-21-22(14-16)33-13-12-32-21/h1-2,4,6-10,14-15,20H,3,5,11-13H2. The maximum Gasteiger partial charge on any atom is 0.254 e. The first-order valence-corrected chi connectivity index (χ1v) is 12.7. The van der Waals surface area contributed by atoms with Crippen LogP contribution in [0.15, 0.2) is 70.5 Å². The number of amides is 1. The van der Waals surface area contributed by atoms with Gasteiger partial charge in [-0.3, -0.25) is 9.59 Å². The average Bonchev–Trinajstić information content (AvgIpc) is 3.36. The van der Waals surface area contributed by atoms with Crippen LogP contribution in [0.25, 0.3) is 0 Å². The van der Waals surface area contributed by atoms with Crippen molar-refractivity contribution in [3.8, 4) is 11.5 Å². The summed E-state index contributed by atoms with van der Waals surface area (Å²) in [5.41, 5.74) is 1.45. The topological polar surface area (TPSA) is 90.0 Å². The molecule has 1 atom stereocenters. The second kappa shape index (κ2) is 7.70. The number of ether oxygens (including phenoxy) is 2. The molecule has 0 aromatic heterocycles. The molecule has 0 N–H and O–H groups in total. The Hall–Kier alpha value is -3.65. The van der Waals surface area contributed by atoms with Crippen LogP contribution in [-0.4, -0.2) is 44.8 Å². The van der Waals surface area contributed by atoms with Crippen LogP contribution < -0.4 is 9.47 Å². The van der Waals surface area contributed by atoms with E-state index in [2.05, 4.69) is 0 Å². The van der Waals surface area contributed by atoms with Gasteiger partial charge in [-0.15, -0.1) is 0 Å². The molecule has 0 spiro atoms. The number of carbonyl (C=O) groups is 2. The zero-order chi connectivity index (χ0) is 23.4. The van der Waals surface area contributed by atoms with Crippen molar-refractivity contribution in [3.63, 3.8) is 0 Å². The number of hydrogen-bond acceptors (Lipinski definition) is 6. The molecule has 3 aromatic carbocycles. The zero-order valence-electron chi connectivity index (χ0n) is 18.2. The lowest BCUT2D eigenvalue weighted by molar-refractivity contribution is 0.0734. The molecular formula is C26H21NO6S. The highest BCUT2D eigenvalue weighted by Crippen LogP contribution is 2.40. The molecule has 1 fully saturated rings. The minimum absolute atomic E-state index is 0.0209. The number of ketones is 1. The molecule has 8 heteroatoms. The third-order valence-corrected chi connectivity index (χ3v) is 8.50. The Morgan fingerprint density at radius 2 is 1.65 bits per heavy atom. The monoisotopic (exact) mass is 475 g/mol. The molecule has 1 amide bonds. The average molecular weight is 476 g/mol. The number of nitrogens with zero attached hydrogens (tertiary/aromatic N) is 1. The van der Waals surface area contributed by atoms with E-state index in [-0.39, 0.29) is 44.2 Å². The summed E-state index contributed by atoms with van der Waals surface area (Å²) in [6, 6.07) is 16.1. The molecule has 1 saturated heterocycles. The van der Waals surface area contributed by atoms with E-state index in [0.717, 1.165) is 18.4 Å². The van der Waals surface area contributed by atoms with Crippen molar-refractivity contribution in [1.82, 2.24) is 4.90 Å². The van der Waals surface area contributed by atoms with Crippen molar-refractivity contribution in [2.24, 2.45) is 0 Å². The summed E-state index contributed by atoms with van der Waals surface area (Å²) in [6.45, 7) is 1.55. The Kier molecular flexibility index (Phi) is 4.74. The summed E-state index contributed by atoms with van der Waals surface area (Å²) in [5.74, 6) is 0.743. The molecule has 172 valence electrons. The smallest absolute Gasteiger partial charge is 0.254 e. The fourth-order valence-electron chi connectivity index (χ4n) is 5.01. The molecule has 0 radical (unpaired) electrons. The number of fused-ring (bicyclic) bond motifs is 3. The van der Waals surface area contributed by atoms with Crippen molar-refractivity contribution < 1.29 is 27.5 Å². The quantitative estimate of drug-likeness (QED) is 0.438. The van der Waals surface area contributed by atoms with Gasteiger partial charge in [-0.1, -0.05) is 18.2 Å². The van der Waals surface area contributed by atoms with Gasteiger partial charge in [0.1, 0.15) is 13.2 Å². The van der Waals surface area contributed by atoms with Gasteiger partial charge in [0, 0.05) is 23.2 Å². The summed E-state index contributed by atoms with van der Waals surface area (Å²) in [5, 5.41) is 0. The lowest BCUT2D eigenvalue weighted by atomic mass is 10.00. The van der Waals surface area contributed by atoms with Crippen LogP contribution in [0.2, 0.25) is 0 Å². The Bertz CT molecular complexity index is 1460. The minimum Gasteiger partial charge on any atom is -0.486 e. The normalized spacial score (nSPS) is 19.9. The number of carbonyl (C=O) groups excluding carboxylic acids is 2. The Balaban J connectivity index is 1.36. The molecule has 0 aliphatic carbocycles. The second-order valence-electron chi connectivity index (χ2n) is 8.60. The zero-order valence-corrected chi connectivity index (χ0v) is 19.0. The van der Waals surface area contributed by atoms with Gasteiger partial charge in [-0.05, 0) is 60.9 Å². The van der Waals surface area contributed by atoms with Crippen molar-refractivity contribution >= 4 is 21.5 Å². The maximum absolute atomic E-state index is 13.5. The van der Waals surface area contributed by atoms with Crippen LogP contribution in [0.1, 0.15) is 50.7 Å². The lowest BCUT2D eigenvalue weighted by Crippen LogP contribution is -2.31. The van der Waals surface area contributed by atoms with Crippen molar-refractivity contribution in [2.45, 2.75) is 28.7 Å². The molecular weight excluding hydrogens is 454 g/mol. The molecule has 3 aliphatic heterocycles. The van der Waals surface area contributed by atoms with Gasteiger partial charge in [0.2, 0.25) is 9.84 Å². The Morgan fingerprint density at radius 1 is 0.882 bits per heavy atom. The van der Waals surface area contributed by atoms with Gasteiger partial charge in [0.15, 0.2) is 17.3 Å². The molecule has 6 rings (SSSR count). The third-order valence-electron chi connectivity index (χ3n) is 6.65. The molecule has 34 heavy (non-hydrogen) atoms. The summed E-state index contributed by atoms with van der Waals surface area (Å²) in [4.78, 5) is 28.1. The third kappa shape index (κ3) is 3.13. The van der Waals surface area contributed by atoms with Gasteiger partial charge < -0.3 is 14.4 Å². The Morgan fingerprint density at radius 3 is 2.50 bits per heavy atom. The van der Waals surface area contributed by atoms with Crippen LogP contribution in [0.5, 0.6) is 11.5 Å². The Labute approximate surface area is 196 Å². The molecule has 1 unspecified atom stereocenters. The van der Waals surface area contributed by atoms with E-state index in [1.807, 2.05) is 18.2 Å². The van der Waals surface area contributed by atoms with E-state index >= 15 is 0 Å². The molecule has 3 aliphatic rings. The minimum atomic E-state index is -3.91. The first-order valence-electron chi connectivity index (χ1n) is 11.2. The summed E-state index contributed by atoms with van der Waals surface area (Å²) >= 11 is 0. The molecule has 3 aromatic rings. The molecule has 0 bridgehead atoms. The highest BCUT2D eigenvalue weighted by molar-refractivity contribution is 7.91. The number of benzene rings is 3. The fraction of sp³-hybridized carbons (Fsp3) is 0.231. The first kappa shape index (κ1) is 20.9. The van der Waals surface area contributed by atoms with E-state index in [1.54, 1.807) is 23.1 Å². The maximum atomic E-state index is 13.5. The summed E-state index contributed by atoms with van der Waals surface area (Å²) in [7, 11) is -3.91. The molecule has 7 nitrogen and oxygen atoms in total. The van der Waals surface area contributed by atoms with E-state index in [9.17, 15) is 18.0 Å². The number of hydrogen-bond donors (Lipinski definition) is 0. The fourth-order valence-corrected chi connectivity index (χ4v) is 6.68. The van der Waals surface area contributed by atoms with Crippen LogP contribution in [0.3, 0.4) is 0 Å². The first-order chi connectivity index (χ1) is 16.4. The number of sulfone groups is 1. The lowest BCUT2D eigenvalue weighted by Gasteiger charge is -2.27. The van der Waals surface area contributed by atoms with E-state index in [4.69, 9.17) is 9.47 Å². The van der Waals surface area contributed by atoms with Crippen molar-refractivity contribution in [3.05, 3.63) is 82.9 Å². The predicted octanol–water partition coefficient (Wildman–Crippen LogP) is 3.81. The predicted molar refractivity (Wildman–Crippen MR) is 122 cm³/mol. The number of likely N-dealkylation sites (tertiary alicyclic amines) is 1. The van der Waals surface area contributed by atoms with Gasteiger partial charge in [0.25, 0.3) is 5.91 Å². The van der Waals surface area contributed by atoms with Gasteiger partial charge in [-0.2, -0.15) is 0 Å². The molecule has 0 saturated carbocycles. The SMILES string of the molecule is O=C1c2ccccc2S(=O)(=O)c2cc(C(=O)N3CCCC3c3ccc4c(c3)OCCO4)ccc21. The highest BCUT2D eigenvalue weighted by atomic mass is 32.2. The van der Waals surface area contributed by atoms with Gasteiger partial charge in [0.05, 0.1) is 15.8 Å². The number of rotatable bonds is 2. The molecule has 3 heterocycles. The van der Waals surface area contributed by atoms with Gasteiger partial charge in [-0.25, -0.2) is 8.42 Å². The van der Waals surface area contributed by atoms with E-state index in [1.165, 1.54) is 24.3 Å². The largest absolute Gasteiger partial charge is 0.486 e. The second-order valence-corrected chi connectivity index (χ2v) is 10.5. The summed E-state index contributed by atoms with van der Waals surface area (Å²) in [6.07, 6.45) is 1.63. The van der Waals surface area contributed by atoms with Crippen molar-refractivity contribution in [2.75, 3.05) is 19.8 Å². The van der Waals surface area contributed by atoms with Crippen molar-refractivity contribution in [1.29, 1.82) is 0 Å². The van der Waals surface area contributed by atoms with Crippen LogP contribution in [-0.2, 0) is 9.84 Å². The van der Waals surface area contributed by atoms with E-state index < -0.39 is 9.84 Å². The van der Waals surface area contributed by atoms with Gasteiger partial charge >= 0.3 is 0 Å². The highest BCUT2D eigenvalue weighted by Gasteiger charge is 2.37.